The van der Waals surface area contributed by atoms with Gasteiger partial charge in [-0.3, -0.25) is 14.9 Å². The van der Waals surface area contributed by atoms with E-state index in [9.17, 15) is 14.9 Å². The molecular weight excluding hydrogens is 372 g/mol. The lowest BCUT2D eigenvalue weighted by molar-refractivity contribution is -0.385. The highest BCUT2D eigenvalue weighted by molar-refractivity contribution is 9.10. The van der Waals surface area contributed by atoms with Gasteiger partial charge < -0.3 is 4.90 Å². The van der Waals surface area contributed by atoms with Crippen molar-refractivity contribution in [3.63, 3.8) is 0 Å². The number of carbonyl (C=O) groups is 1. The van der Waals surface area contributed by atoms with Gasteiger partial charge in [-0.05, 0) is 51.0 Å². The Hall–Kier alpha value is -2.73. The maximum absolute atomic E-state index is 12.7. The zero-order valence-corrected chi connectivity index (χ0v) is 14.4. The molecule has 3 rings (SSSR count). The van der Waals surface area contributed by atoms with Crippen LogP contribution in [0, 0.1) is 10.1 Å². The molecule has 0 radical (unpaired) electrons. The fourth-order valence-electron chi connectivity index (χ4n) is 2.48. The van der Waals surface area contributed by atoms with Crippen molar-refractivity contribution in [2.24, 2.45) is 0 Å². The Morgan fingerprint density at radius 2 is 1.75 bits per heavy atom. The minimum atomic E-state index is -0.517. The Labute approximate surface area is 146 Å². The second-order valence-corrected chi connectivity index (χ2v) is 6.17. The van der Waals surface area contributed by atoms with E-state index in [1.54, 1.807) is 13.1 Å². The number of benzene rings is 3. The molecule has 0 saturated carbocycles. The van der Waals surface area contributed by atoms with Crippen LogP contribution in [-0.2, 0) is 0 Å². The van der Waals surface area contributed by atoms with Crippen LogP contribution < -0.4 is 4.90 Å². The van der Waals surface area contributed by atoms with Crippen LogP contribution in [0.15, 0.2) is 65.1 Å². The van der Waals surface area contributed by atoms with Crippen LogP contribution in [0.1, 0.15) is 10.4 Å². The number of carbonyl (C=O) groups excluding carboxylic acids is 1. The Balaban J connectivity index is 1.96. The molecule has 1 amide bonds. The summed E-state index contributed by atoms with van der Waals surface area (Å²) < 4.78 is 0.345. The SMILES string of the molecule is CN(C(=O)c1ccc(Br)c([N+](=O)[O-])c1)c1ccc2ccccc2c1. The summed E-state index contributed by atoms with van der Waals surface area (Å²) in [5.74, 6) is -0.305. The average molecular weight is 385 g/mol. The first kappa shape index (κ1) is 16.1. The summed E-state index contributed by atoms with van der Waals surface area (Å²) in [6.45, 7) is 0. The predicted molar refractivity (Wildman–Crippen MR) is 97.5 cm³/mol. The number of nitro groups is 1. The Kier molecular flexibility index (Phi) is 4.31. The maximum atomic E-state index is 12.7. The summed E-state index contributed by atoms with van der Waals surface area (Å²) in [4.78, 5) is 24.7. The van der Waals surface area contributed by atoms with Crippen molar-refractivity contribution < 1.29 is 9.72 Å². The largest absolute Gasteiger partial charge is 0.311 e. The van der Waals surface area contributed by atoms with Crippen LogP contribution in [0.2, 0.25) is 0 Å². The van der Waals surface area contributed by atoms with Gasteiger partial charge in [-0.2, -0.15) is 0 Å². The molecule has 0 bridgehead atoms. The average Bonchev–Trinajstić information content (AvgIpc) is 2.60. The van der Waals surface area contributed by atoms with Gasteiger partial charge >= 0.3 is 0 Å². The molecule has 0 heterocycles. The number of halogens is 1. The third-order valence-electron chi connectivity index (χ3n) is 3.81. The van der Waals surface area contributed by atoms with Crippen molar-refractivity contribution in [2.45, 2.75) is 0 Å². The van der Waals surface area contributed by atoms with Gasteiger partial charge in [0.2, 0.25) is 0 Å². The maximum Gasteiger partial charge on any atom is 0.284 e. The zero-order valence-electron chi connectivity index (χ0n) is 12.8. The standard InChI is InChI=1S/C18H13BrN2O3/c1-20(15-8-6-12-4-2-3-5-13(12)10-15)18(22)14-7-9-16(19)17(11-14)21(23)24/h2-11H,1H3. The monoisotopic (exact) mass is 384 g/mol. The molecule has 3 aromatic carbocycles. The van der Waals surface area contributed by atoms with E-state index in [1.165, 1.54) is 17.0 Å². The summed E-state index contributed by atoms with van der Waals surface area (Å²) >= 11 is 3.12. The van der Waals surface area contributed by atoms with Crippen molar-refractivity contribution in [1.82, 2.24) is 0 Å². The summed E-state index contributed by atoms with van der Waals surface area (Å²) in [6.07, 6.45) is 0. The summed E-state index contributed by atoms with van der Waals surface area (Å²) in [6, 6.07) is 17.9. The van der Waals surface area contributed by atoms with Crippen LogP contribution in [0.4, 0.5) is 11.4 Å². The van der Waals surface area contributed by atoms with E-state index < -0.39 is 4.92 Å². The van der Waals surface area contributed by atoms with Gasteiger partial charge in [-0.1, -0.05) is 30.3 Å². The van der Waals surface area contributed by atoms with E-state index in [0.29, 0.717) is 4.47 Å². The molecule has 120 valence electrons. The molecule has 0 unspecified atom stereocenters. The van der Waals surface area contributed by atoms with E-state index in [4.69, 9.17) is 0 Å². The number of rotatable bonds is 3. The van der Waals surface area contributed by atoms with Crippen LogP contribution in [0.5, 0.6) is 0 Å². The van der Waals surface area contributed by atoms with Crippen molar-refractivity contribution in [3.8, 4) is 0 Å². The molecule has 0 atom stereocenters. The second kappa shape index (κ2) is 6.41. The van der Waals surface area contributed by atoms with E-state index in [0.717, 1.165) is 16.5 Å². The van der Waals surface area contributed by atoms with Crippen molar-refractivity contribution in [1.29, 1.82) is 0 Å². The molecule has 0 aliphatic carbocycles. The number of hydrogen-bond acceptors (Lipinski definition) is 3. The number of anilines is 1. The van der Waals surface area contributed by atoms with Crippen LogP contribution in [0.25, 0.3) is 10.8 Å². The molecule has 24 heavy (non-hydrogen) atoms. The van der Waals surface area contributed by atoms with Gasteiger partial charge in [0.1, 0.15) is 0 Å². The number of nitro benzene ring substituents is 1. The van der Waals surface area contributed by atoms with E-state index in [1.807, 2.05) is 42.5 Å². The fourth-order valence-corrected chi connectivity index (χ4v) is 2.87. The minimum absolute atomic E-state index is 0.132. The lowest BCUT2D eigenvalue weighted by atomic mass is 10.1. The topological polar surface area (TPSA) is 63.5 Å². The first-order chi connectivity index (χ1) is 11.5. The lowest BCUT2D eigenvalue weighted by Gasteiger charge is -2.18. The Morgan fingerprint density at radius 3 is 2.46 bits per heavy atom. The molecule has 5 nitrogen and oxygen atoms in total. The Morgan fingerprint density at radius 1 is 1.04 bits per heavy atom. The van der Waals surface area contributed by atoms with Gasteiger partial charge in [0.25, 0.3) is 11.6 Å². The first-order valence-corrected chi connectivity index (χ1v) is 7.97. The molecule has 0 aliphatic heterocycles. The molecular formula is C18H13BrN2O3. The molecule has 0 saturated heterocycles. The smallest absolute Gasteiger partial charge is 0.284 e. The third kappa shape index (κ3) is 3.00. The highest BCUT2D eigenvalue weighted by atomic mass is 79.9. The molecule has 6 heteroatoms. The summed E-state index contributed by atoms with van der Waals surface area (Å²) in [7, 11) is 1.65. The van der Waals surface area contributed by atoms with Crippen LogP contribution in [0.3, 0.4) is 0 Å². The van der Waals surface area contributed by atoms with E-state index >= 15 is 0 Å². The second-order valence-electron chi connectivity index (χ2n) is 5.32. The fraction of sp³-hybridized carbons (Fsp3) is 0.0556. The highest BCUT2D eigenvalue weighted by Crippen LogP contribution is 2.27. The van der Waals surface area contributed by atoms with Gasteiger partial charge in [0.15, 0.2) is 0 Å². The molecule has 0 aromatic heterocycles. The minimum Gasteiger partial charge on any atom is -0.311 e. The highest BCUT2D eigenvalue weighted by Gasteiger charge is 2.19. The first-order valence-electron chi connectivity index (χ1n) is 7.18. The molecule has 0 N–H and O–H groups in total. The predicted octanol–water partition coefficient (Wildman–Crippen LogP) is 4.79. The van der Waals surface area contributed by atoms with Crippen molar-refractivity contribution in [3.05, 3.63) is 80.8 Å². The third-order valence-corrected chi connectivity index (χ3v) is 4.49. The van der Waals surface area contributed by atoms with E-state index in [-0.39, 0.29) is 17.2 Å². The molecule has 3 aromatic rings. The number of amides is 1. The van der Waals surface area contributed by atoms with Gasteiger partial charge in [-0.15, -0.1) is 0 Å². The molecule has 0 aliphatic rings. The van der Waals surface area contributed by atoms with Crippen LogP contribution >= 0.6 is 15.9 Å². The number of fused-ring (bicyclic) bond motifs is 1. The molecule has 0 spiro atoms. The quantitative estimate of drug-likeness (QED) is 0.481. The zero-order chi connectivity index (χ0) is 17.3. The van der Waals surface area contributed by atoms with Crippen molar-refractivity contribution >= 4 is 44.0 Å². The van der Waals surface area contributed by atoms with Gasteiger partial charge in [0, 0.05) is 24.4 Å². The van der Waals surface area contributed by atoms with Crippen molar-refractivity contribution in [2.75, 3.05) is 11.9 Å². The number of nitrogens with zero attached hydrogens (tertiary/aromatic N) is 2. The van der Waals surface area contributed by atoms with Gasteiger partial charge in [-0.25, -0.2) is 0 Å². The number of hydrogen-bond donors (Lipinski definition) is 0. The van der Waals surface area contributed by atoms with Crippen LogP contribution in [-0.4, -0.2) is 17.9 Å². The molecule has 0 fully saturated rings. The Bertz CT molecular complexity index is 956. The normalized spacial score (nSPS) is 10.6. The van der Waals surface area contributed by atoms with Gasteiger partial charge in [0.05, 0.1) is 9.40 Å². The summed E-state index contributed by atoms with van der Waals surface area (Å²) in [5, 5.41) is 13.1. The lowest BCUT2D eigenvalue weighted by Crippen LogP contribution is -2.26. The van der Waals surface area contributed by atoms with E-state index in [2.05, 4.69) is 15.9 Å². The summed E-state index contributed by atoms with van der Waals surface area (Å²) in [5.41, 5.74) is 0.859.